The van der Waals surface area contributed by atoms with Crippen molar-refractivity contribution >= 4 is 16.9 Å². The molecule has 0 bridgehead atoms. The first-order chi connectivity index (χ1) is 15.6. The van der Waals surface area contributed by atoms with Gasteiger partial charge >= 0.3 is 6.18 Å². The van der Waals surface area contributed by atoms with Crippen LogP contribution in [-0.4, -0.2) is 36.5 Å². The van der Waals surface area contributed by atoms with Gasteiger partial charge in [-0.2, -0.15) is 23.4 Å². The number of carbonyl (C=O) groups excluding carboxylic acids is 1. The van der Waals surface area contributed by atoms with Crippen molar-refractivity contribution in [2.45, 2.75) is 46.1 Å². The molecular formula is C23H23F3N6O. The molecule has 0 aliphatic rings. The number of fused-ring (bicyclic) bond motifs is 1. The zero-order chi connectivity index (χ0) is 23.8. The Morgan fingerprint density at radius 1 is 1.09 bits per heavy atom. The van der Waals surface area contributed by atoms with Gasteiger partial charge in [-0.15, -0.1) is 0 Å². The molecule has 33 heavy (non-hydrogen) atoms. The summed E-state index contributed by atoms with van der Waals surface area (Å²) in [5.74, 6) is -0.322. The molecule has 1 N–H and O–H groups in total. The molecule has 0 fully saturated rings. The average molecular weight is 456 g/mol. The summed E-state index contributed by atoms with van der Waals surface area (Å²) in [6, 6.07) is 10.5. The summed E-state index contributed by atoms with van der Waals surface area (Å²) in [6.07, 6.45) is -1.57. The lowest BCUT2D eigenvalue weighted by atomic mass is 10.0. The highest BCUT2D eigenvalue weighted by Gasteiger charge is 2.33. The number of benzene rings is 1. The van der Waals surface area contributed by atoms with Gasteiger partial charge in [0, 0.05) is 23.8 Å². The molecule has 0 radical (unpaired) electrons. The van der Waals surface area contributed by atoms with E-state index in [9.17, 15) is 18.0 Å². The first kappa shape index (κ1) is 22.5. The lowest BCUT2D eigenvalue weighted by molar-refractivity contribution is -0.141. The van der Waals surface area contributed by atoms with E-state index in [2.05, 4.69) is 20.5 Å². The maximum absolute atomic E-state index is 12.7. The third-order valence-electron chi connectivity index (χ3n) is 5.26. The molecule has 0 spiro atoms. The fourth-order valence-corrected chi connectivity index (χ4v) is 3.76. The Kier molecular flexibility index (Phi) is 5.92. The Morgan fingerprint density at radius 3 is 2.48 bits per heavy atom. The summed E-state index contributed by atoms with van der Waals surface area (Å²) in [7, 11) is 0. The second-order valence-corrected chi connectivity index (χ2v) is 8.06. The van der Waals surface area contributed by atoms with Crippen LogP contribution in [-0.2, 0) is 24.1 Å². The number of hydrogen-bond acceptors (Lipinski definition) is 4. The molecule has 0 aliphatic carbocycles. The SMILES string of the molecule is Cc1ccc(-c2ccnc3c2c(C)nn3CC(=O)NC(C)Cn2ccc(C(F)(F)F)n2)cc1. The lowest BCUT2D eigenvalue weighted by Gasteiger charge is -2.14. The van der Waals surface area contributed by atoms with Crippen LogP contribution in [0.25, 0.3) is 22.2 Å². The van der Waals surface area contributed by atoms with E-state index < -0.39 is 17.9 Å². The molecule has 1 amide bonds. The minimum absolute atomic E-state index is 0.0636. The van der Waals surface area contributed by atoms with E-state index in [1.165, 1.54) is 6.20 Å². The van der Waals surface area contributed by atoms with Gasteiger partial charge in [-0.05, 0) is 44.0 Å². The highest BCUT2D eigenvalue weighted by molar-refractivity contribution is 5.95. The highest BCUT2D eigenvalue weighted by Crippen LogP contribution is 2.30. The van der Waals surface area contributed by atoms with Gasteiger partial charge in [-0.3, -0.25) is 9.48 Å². The zero-order valence-electron chi connectivity index (χ0n) is 18.4. The van der Waals surface area contributed by atoms with E-state index in [1.807, 2.05) is 44.2 Å². The van der Waals surface area contributed by atoms with Crippen LogP contribution in [0.3, 0.4) is 0 Å². The average Bonchev–Trinajstić information content (AvgIpc) is 3.33. The Bertz CT molecular complexity index is 1290. The number of nitrogens with zero attached hydrogens (tertiary/aromatic N) is 5. The van der Waals surface area contributed by atoms with Crippen LogP contribution >= 0.6 is 0 Å². The van der Waals surface area contributed by atoms with Crippen molar-refractivity contribution in [2.75, 3.05) is 0 Å². The van der Waals surface area contributed by atoms with E-state index in [4.69, 9.17) is 0 Å². The molecular weight excluding hydrogens is 433 g/mol. The Labute approximate surface area is 188 Å². The highest BCUT2D eigenvalue weighted by atomic mass is 19.4. The number of halogens is 3. The molecule has 0 saturated heterocycles. The van der Waals surface area contributed by atoms with Crippen LogP contribution in [0, 0.1) is 13.8 Å². The summed E-state index contributed by atoms with van der Waals surface area (Å²) in [5, 5.41) is 11.7. The number of alkyl halides is 3. The molecule has 0 aliphatic heterocycles. The molecule has 0 saturated carbocycles. The smallest absolute Gasteiger partial charge is 0.350 e. The number of nitrogens with one attached hydrogen (secondary N) is 1. The van der Waals surface area contributed by atoms with Crippen molar-refractivity contribution < 1.29 is 18.0 Å². The Morgan fingerprint density at radius 2 is 1.82 bits per heavy atom. The van der Waals surface area contributed by atoms with Crippen molar-refractivity contribution in [1.82, 2.24) is 29.9 Å². The van der Waals surface area contributed by atoms with E-state index in [1.54, 1.807) is 17.8 Å². The largest absolute Gasteiger partial charge is 0.435 e. The summed E-state index contributed by atoms with van der Waals surface area (Å²) in [6.45, 7) is 5.64. The van der Waals surface area contributed by atoms with E-state index >= 15 is 0 Å². The third-order valence-corrected chi connectivity index (χ3v) is 5.26. The summed E-state index contributed by atoms with van der Waals surface area (Å²) in [4.78, 5) is 17.0. The Hall–Kier alpha value is -3.69. The normalized spacial score (nSPS) is 12.8. The molecule has 3 heterocycles. The second kappa shape index (κ2) is 8.68. The van der Waals surface area contributed by atoms with Gasteiger partial charge in [0.15, 0.2) is 11.3 Å². The summed E-state index contributed by atoms with van der Waals surface area (Å²) < 4.78 is 40.8. The number of aromatic nitrogens is 5. The van der Waals surface area contributed by atoms with Gasteiger partial charge in [0.25, 0.3) is 0 Å². The van der Waals surface area contributed by atoms with Crippen LogP contribution < -0.4 is 5.32 Å². The fourth-order valence-electron chi connectivity index (χ4n) is 3.76. The molecule has 4 aromatic rings. The maximum Gasteiger partial charge on any atom is 0.435 e. The van der Waals surface area contributed by atoms with Gasteiger partial charge in [0.05, 0.1) is 12.2 Å². The molecule has 172 valence electrons. The third kappa shape index (κ3) is 4.89. The van der Waals surface area contributed by atoms with Crippen LogP contribution in [0.4, 0.5) is 13.2 Å². The van der Waals surface area contributed by atoms with Crippen molar-refractivity contribution in [3.63, 3.8) is 0 Å². The first-order valence-corrected chi connectivity index (χ1v) is 10.4. The standard InChI is InChI=1S/C23H23F3N6O/c1-14-4-6-17(7-5-14)18-8-10-27-22-21(18)16(3)29-32(22)13-20(33)28-15(2)12-31-11-9-19(30-31)23(24,25)26/h4-11,15H,12-13H2,1-3H3,(H,28,33). The van der Waals surface area contributed by atoms with Crippen molar-refractivity contribution in [3.8, 4) is 11.1 Å². The topological polar surface area (TPSA) is 77.6 Å². The monoisotopic (exact) mass is 456 g/mol. The van der Waals surface area contributed by atoms with Crippen molar-refractivity contribution in [2.24, 2.45) is 0 Å². The van der Waals surface area contributed by atoms with Crippen molar-refractivity contribution in [1.29, 1.82) is 0 Å². The maximum atomic E-state index is 12.7. The van der Waals surface area contributed by atoms with Gasteiger partial charge < -0.3 is 5.32 Å². The number of amides is 1. The van der Waals surface area contributed by atoms with E-state index in [0.717, 1.165) is 38.5 Å². The van der Waals surface area contributed by atoms with Gasteiger partial charge in [0.1, 0.15) is 6.54 Å². The number of carbonyl (C=O) groups is 1. The zero-order valence-corrected chi connectivity index (χ0v) is 18.4. The molecule has 1 unspecified atom stereocenters. The van der Waals surface area contributed by atoms with Crippen LogP contribution in [0.15, 0.2) is 48.8 Å². The van der Waals surface area contributed by atoms with Crippen LogP contribution in [0.2, 0.25) is 0 Å². The number of pyridine rings is 1. The molecule has 4 rings (SSSR count). The predicted octanol–water partition coefficient (Wildman–Crippen LogP) is 4.14. The van der Waals surface area contributed by atoms with E-state index in [0.29, 0.717) is 5.65 Å². The van der Waals surface area contributed by atoms with Crippen molar-refractivity contribution in [3.05, 3.63) is 65.7 Å². The predicted molar refractivity (Wildman–Crippen MR) is 117 cm³/mol. The van der Waals surface area contributed by atoms with Crippen LogP contribution in [0.5, 0.6) is 0 Å². The van der Waals surface area contributed by atoms with Gasteiger partial charge in [0.2, 0.25) is 5.91 Å². The number of hydrogen-bond donors (Lipinski definition) is 1. The lowest BCUT2D eigenvalue weighted by Crippen LogP contribution is -2.38. The van der Waals surface area contributed by atoms with Gasteiger partial charge in [-0.1, -0.05) is 29.8 Å². The molecule has 10 heteroatoms. The van der Waals surface area contributed by atoms with Crippen LogP contribution in [0.1, 0.15) is 23.9 Å². The molecule has 7 nitrogen and oxygen atoms in total. The molecule has 1 aromatic carbocycles. The minimum Gasteiger partial charge on any atom is -0.350 e. The molecule has 3 aromatic heterocycles. The fraction of sp³-hybridized carbons (Fsp3) is 0.304. The number of aryl methyl sites for hydroxylation is 2. The van der Waals surface area contributed by atoms with Gasteiger partial charge in [-0.25, -0.2) is 9.67 Å². The quantitative estimate of drug-likeness (QED) is 0.473. The summed E-state index contributed by atoms with van der Waals surface area (Å²) in [5.41, 5.74) is 3.56. The molecule has 1 atom stereocenters. The van der Waals surface area contributed by atoms with E-state index in [-0.39, 0.29) is 19.0 Å². The Balaban J connectivity index is 1.48. The number of rotatable bonds is 6. The summed E-state index contributed by atoms with van der Waals surface area (Å²) >= 11 is 0. The first-order valence-electron chi connectivity index (χ1n) is 10.4. The second-order valence-electron chi connectivity index (χ2n) is 8.06. The minimum atomic E-state index is -4.50.